The Bertz CT molecular complexity index is 998. The van der Waals surface area contributed by atoms with Crippen LogP contribution in [0.15, 0.2) is 70.1 Å². The molecule has 0 radical (unpaired) electrons. The second-order valence-electron chi connectivity index (χ2n) is 5.57. The Labute approximate surface area is 160 Å². The van der Waals surface area contributed by atoms with Crippen molar-refractivity contribution in [2.45, 2.75) is 6.61 Å². The lowest BCUT2D eigenvalue weighted by Gasteiger charge is -2.08. The summed E-state index contributed by atoms with van der Waals surface area (Å²) in [6.07, 6.45) is 1.12. The standard InChI is InChI=1S/C20H16ClNO5/c1-25-16-4-2-3-15(9-16)22-20(24)18-10-17(23)19(12-27-18)26-11-13-5-7-14(21)8-6-13/h2-10,12H,11H2,1H3,(H,22,24). The Morgan fingerprint density at radius 3 is 2.63 bits per heavy atom. The number of carbonyl (C=O) groups excluding carboxylic acids is 1. The minimum absolute atomic E-state index is 0.0166. The number of hydrogen-bond donors (Lipinski definition) is 1. The third-order valence-electron chi connectivity index (χ3n) is 3.66. The van der Waals surface area contributed by atoms with E-state index < -0.39 is 11.3 Å². The zero-order chi connectivity index (χ0) is 19.2. The molecule has 0 fully saturated rings. The molecular formula is C20H16ClNO5. The van der Waals surface area contributed by atoms with Crippen molar-refractivity contribution in [3.8, 4) is 11.5 Å². The molecule has 3 rings (SSSR count). The molecule has 1 N–H and O–H groups in total. The summed E-state index contributed by atoms with van der Waals surface area (Å²) in [4.78, 5) is 24.4. The van der Waals surface area contributed by atoms with Gasteiger partial charge < -0.3 is 19.2 Å². The van der Waals surface area contributed by atoms with E-state index in [9.17, 15) is 9.59 Å². The predicted molar refractivity (Wildman–Crippen MR) is 102 cm³/mol. The number of ether oxygens (including phenoxy) is 2. The van der Waals surface area contributed by atoms with E-state index in [1.165, 1.54) is 7.11 Å². The van der Waals surface area contributed by atoms with Crippen molar-refractivity contribution < 1.29 is 18.7 Å². The number of hydrogen-bond acceptors (Lipinski definition) is 5. The van der Waals surface area contributed by atoms with E-state index in [0.29, 0.717) is 16.5 Å². The molecule has 6 nitrogen and oxygen atoms in total. The number of amides is 1. The van der Waals surface area contributed by atoms with Gasteiger partial charge in [-0.15, -0.1) is 0 Å². The van der Waals surface area contributed by atoms with Crippen LogP contribution in [-0.4, -0.2) is 13.0 Å². The van der Waals surface area contributed by atoms with Crippen molar-refractivity contribution in [2.75, 3.05) is 12.4 Å². The van der Waals surface area contributed by atoms with Gasteiger partial charge in [0.1, 0.15) is 18.6 Å². The average Bonchev–Trinajstić information content (AvgIpc) is 2.68. The highest BCUT2D eigenvalue weighted by Crippen LogP contribution is 2.18. The van der Waals surface area contributed by atoms with Crippen LogP contribution in [-0.2, 0) is 6.61 Å². The van der Waals surface area contributed by atoms with Crippen LogP contribution in [0.1, 0.15) is 16.1 Å². The van der Waals surface area contributed by atoms with Gasteiger partial charge in [0.15, 0.2) is 5.76 Å². The Morgan fingerprint density at radius 1 is 1.15 bits per heavy atom. The van der Waals surface area contributed by atoms with Crippen LogP contribution in [0.25, 0.3) is 0 Å². The van der Waals surface area contributed by atoms with Gasteiger partial charge in [-0.05, 0) is 29.8 Å². The molecule has 0 saturated heterocycles. The van der Waals surface area contributed by atoms with E-state index in [1.807, 2.05) is 0 Å². The summed E-state index contributed by atoms with van der Waals surface area (Å²) in [6, 6.07) is 15.0. The third-order valence-corrected chi connectivity index (χ3v) is 3.91. The Kier molecular flexibility index (Phi) is 5.78. The van der Waals surface area contributed by atoms with Crippen molar-refractivity contribution >= 4 is 23.2 Å². The number of nitrogens with one attached hydrogen (secondary N) is 1. The maximum Gasteiger partial charge on any atom is 0.291 e. The van der Waals surface area contributed by atoms with Gasteiger partial charge in [-0.3, -0.25) is 9.59 Å². The number of benzene rings is 2. The molecule has 0 saturated carbocycles. The van der Waals surface area contributed by atoms with Gasteiger partial charge in [-0.25, -0.2) is 0 Å². The van der Waals surface area contributed by atoms with Gasteiger partial charge >= 0.3 is 0 Å². The van der Waals surface area contributed by atoms with E-state index in [0.717, 1.165) is 17.9 Å². The van der Waals surface area contributed by atoms with E-state index in [2.05, 4.69) is 5.32 Å². The number of halogens is 1. The second kappa shape index (κ2) is 8.42. The van der Waals surface area contributed by atoms with Gasteiger partial charge in [-0.1, -0.05) is 29.8 Å². The SMILES string of the molecule is COc1cccc(NC(=O)c2cc(=O)c(OCc3ccc(Cl)cc3)co2)c1. The summed E-state index contributed by atoms with van der Waals surface area (Å²) in [5.74, 6) is -0.0608. The van der Waals surface area contributed by atoms with Gasteiger partial charge in [0.2, 0.25) is 11.2 Å². The van der Waals surface area contributed by atoms with Gasteiger partial charge in [-0.2, -0.15) is 0 Å². The molecule has 3 aromatic rings. The molecular weight excluding hydrogens is 370 g/mol. The first-order chi connectivity index (χ1) is 13.0. The summed E-state index contributed by atoms with van der Waals surface area (Å²) >= 11 is 5.83. The summed E-state index contributed by atoms with van der Waals surface area (Å²) in [5, 5.41) is 3.25. The molecule has 0 unspecified atom stereocenters. The minimum Gasteiger partial charge on any atom is -0.497 e. The molecule has 0 spiro atoms. The van der Waals surface area contributed by atoms with Crippen LogP contribution in [0.5, 0.6) is 11.5 Å². The minimum atomic E-state index is -0.551. The highest BCUT2D eigenvalue weighted by Gasteiger charge is 2.13. The molecule has 138 valence electrons. The highest BCUT2D eigenvalue weighted by atomic mass is 35.5. The van der Waals surface area contributed by atoms with Gasteiger partial charge in [0.05, 0.1) is 7.11 Å². The van der Waals surface area contributed by atoms with Crippen molar-refractivity contribution in [3.05, 3.63) is 87.4 Å². The van der Waals surface area contributed by atoms with Crippen LogP contribution >= 0.6 is 11.6 Å². The van der Waals surface area contributed by atoms with Crippen molar-refractivity contribution in [1.82, 2.24) is 0 Å². The third kappa shape index (κ3) is 4.89. The van der Waals surface area contributed by atoms with Crippen LogP contribution in [0, 0.1) is 0 Å². The molecule has 1 heterocycles. The molecule has 2 aromatic carbocycles. The van der Waals surface area contributed by atoms with E-state index in [-0.39, 0.29) is 18.1 Å². The zero-order valence-corrected chi connectivity index (χ0v) is 15.2. The van der Waals surface area contributed by atoms with Gasteiger partial charge in [0.25, 0.3) is 5.91 Å². The van der Waals surface area contributed by atoms with Crippen LogP contribution in [0.2, 0.25) is 5.02 Å². The fourth-order valence-electron chi connectivity index (χ4n) is 2.26. The number of rotatable bonds is 6. The van der Waals surface area contributed by atoms with E-state index in [4.69, 9.17) is 25.5 Å². The molecule has 0 aliphatic carbocycles. The lowest BCUT2D eigenvalue weighted by Crippen LogP contribution is -2.15. The smallest absolute Gasteiger partial charge is 0.291 e. The Hall–Kier alpha value is -3.25. The number of methoxy groups -OCH3 is 1. The first-order valence-corrected chi connectivity index (χ1v) is 8.38. The number of anilines is 1. The molecule has 0 bridgehead atoms. The zero-order valence-electron chi connectivity index (χ0n) is 14.4. The molecule has 27 heavy (non-hydrogen) atoms. The van der Waals surface area contributed by atoms with E-state index >= 15 is 0 Å². The second-order valence-corrected chi connectivity index (χ2v) is 6.01. The number of carbonyl (C=O) groups is 1. The van der Waals surface area contributed by atoms with Crippen molar-refractivity contribution in [1.29, 1.82) is 0 Å². The lowest BCUT2D eigenvalue weighted by atomic mass is 10.2. The van der Waals surface area contributed by atoms with Gasteiger partial charge in [0, 0.05) is 22.8 Å². The largest absolute Gasteiger partial charge is 0.497 e. The van der Waals surface area contributed by atoms with E-state index in [1.54, 1.807) is 48.5 Å². The summed E-state index contributed by atoms with van der Waals surface area (Å²) in [6.45, 7) is 0.178. The molecule has 0 atom stereocenters. The molecule has 7 heteroatoms. The average molecular weight is 386 g/mol. The van der Waals surface area contributed by atoms with Crippen molar-refractivity contribution in [3.63, 3.8) is 0 Å². The summed E-state index contributed by atoms with van der Waals surface area (Å²) < 4.78 is 15.8. The quantitative estimate of drug-likeness (QED) is 0.690. The van der Waals surface area contributed by atoms with Crippen molar-refractivity contribution in [2.24, 2.45) is 0 Å². The first-order valence-electron chi connectivity index (χ1n) is 8.00. The maximum absolute atomic E-state index is 12.3. The fourth-order valence-corrected chi connectivity index (χ4v) is 2.38. The summed E-state index contributed by atoms with van der Waals surface area (Å²) in [5.41, 5.74) is 0.912. The maximum atomic E-state index is 12.3. The van der Waals surface area contributed by atoms with Crippen LogP contribution < -0.4 is 20.2 Å². The topological polar surface area (TPSA) is 77.8 Å². The lowest BCUT2D eigenvalue weighted by molar-refractivity contribution is 0.0993. The predicted octanol–water partition coefficient (Wildman–Crippen LogP) is 4.13. The first kappa shape index (κ1) is 18.5. The monoisotopic (exact) mass is 385 g/mol. The normalized spacial score (nSPS) is 10.3. The molecule has 1 aromatic heterocycles. The van der Waals surface area contributed by atoms with Crippen LogP contribution in [0.4, 0.5) is 5.69 Å². The van der Waals surface area contributed by atoms with Crippen LogP contribution in [0.3, 0.4) is 0 Å². The molecule has 0 aliphatic heterocycles. The molecule has 1 amide bonds. The Balaban J connectivity index is 1.67. The Morgan fingerprint density at radius 2 is 1.93 bits per heavy atom. The highest BCUT2D eigenvalue weighted by molar-refractivity contribution is 6.30. The summed E-state index contributed by atoms with van der Waals surface area (Å²) in [7, 11) is 1.53. The molecule has 0 aliphatic rings. The fraction of sp³-hybridized carbons (Fsp3) is 0.100.